The average Bonchev–Trinajstić information content (AvgIpc) is 2.48. The van der Waals surface area contributed by atoms with Crippen molar-refractivity contribution < 1.29 is 4.79 Å². The Morgan fingerprint density at radius 1 is 1.14 bits per heavy atom. The fourth-order valence-corrected chi connectivity index (χ4v) is 2.59. The molecular formula is C16H15IN2OS. The van der Waals surface area contributed by atoms with E-state index in [1.165, 1.54) is 0 Å². The first-order valence-corrected chi connectivity index (χ1v) is 7.97. The zero-order valence-corrected chi connectivity index (χ0v) is 14.3. The fourth-order valence-electron chi connectivity index (χ4n) is 1.96. The van der Waals surface area contributed by atoms with Crippen LogP contribution in [0.3, 0.4) is 0 Å². The molecule has 2 aromatic rings. The van der Waals surface area contributed by atoms with Gasteiger partial charge >= 0.3 is 0 Å². The number of halogens is 1. The van der Waals surface area contributed by atoms with Gasteiger partial charge in [0.15, 0.2) is 0 Å². The Morgan fingerprint density at radius 3 is 2.48 bits per heavy atom. The maximum atomic E-state index is 12.7. The molecule has 2 aromatic carbocycles. The van der Waals surface area contributed by atoms with Gasteiger partial charge in [0, 0.05) is 27.8 Å². The summed E-state index contributed by atoms with van der Waals surface area (Å²) in [6.07, 6.45) is 0.500. The van der Waals surface area contributed by atoms with Gasteiger partial charge in [0.1, 0.15) is 0 Å². The van der Waals surface area contributed by atoms with E-state index in [4.69, 9.17) is 18.0 Å². The van der Waals surface area contributed by atoms with E-state index in [1.54, 1.807) is 4.90 Å². The predicted octanol–water partition coefficient (Wildman–Crippen LogP) is 3.61. The standard InChI is InChI=1S/C16H15IN2OS/c17-13-6-4-5-12(11-13)16(20)19(10-9-15(18)21)14-7-2-1-3-8-14/h1-8,11H,9-10H2,(H2,18,21). The number of carbonyl (C=O) groups is 1. The second kappa shape index (κ2) is 7.51. The van der Waals surface area contributed by atoms with E-state index >= 15 is 0 Å². The number of thiocarbonyl (C=S) groups is 1. The van der Waals surface area contributed by atoms with E-state index in [2.05, 4.69) is 22.6 Å². The van der Waals surface area contributed by atoms with Crippen molar-refractivity contribution >= 4 is 51.4 Å². The van der Waals surface area contributed by atoms with E-state index in [9.17, 15) is 4.79 Å². The van der Waals surface area contributed by atoms with Gasteiger partial charge in [-0.2, -0.15) is 0 Å². The molecule has 0 unspecified atom stereocenters. The number of anilines is 1. The number of para-hydroxylation sites is 1. The summed E-state index contributed by atoms with van der Waals surface area (Å²) in [4.78, 5) is 14.9. The number of hydrogen-bond acceptors (Lipinski definition) is 2. The van der Waals surface area contributed by atoms with Crippen molar-refractivity contribution in [2.45, 2.75) is 6.42 Å². The van der Waals surface area contributed by atoms with Crippen molar-refractivity contribution in [1.29, 1.82) is 0 Å². The molecule has 0 saturated carbocycles. The van der Waals surface area contributed by atoms with Crippen LogP contribution in [-0.2, 0) is 0 Å². The number of benzene rings is 2. The van der Waals surface area contributed by atoms with Gasteiger partial charge in [-0.25, -0.2) is 0 Å². The smallest absolute Gasteiger partial charge is 0.258 e. The van der Waals surface area contributed by atoms with Crippen molar-refractivity contribution in [1.82, 2.24) is 0 Å². The molecule has 0 aliphatic carbocycles. The average molecular weight is 410 g/mol. The Kier molecular flexibility index (Phi) is 5.69. The zero-order valence-electron chi connectivity index (χ0n) is 11.3. The highest BCUT2D eigenvalue weighted by atomic mass is 127. The topological polar surface area (TPSA) is 46.3 Å². The van der Waals surface area contributed by atoms with Crippen LogP contribution in [0.2, 0.25) is 0 Å². The lowest BCUT2D eigenvalue weighted by Crippen LogP contribution is -2.33. The molecule has 0 saturated heterocycles. The maximum Gasteiger partial charge on any atom is 0.258 e. The highest BCUT2D eigenvalue weighted by Crippen LogP contribution is 2.18. The van der Waals surface area contributed by atoms with Crippen molar-refractivity contribution in [3.63, 3.8) is 0 Å². The molecule has 0 heterocycles. The minimum Gasteiger partial charge on any atom is -0.393 e. The van der Waals surface area contributed by atoms with Gasteiger partial charge in [-0.3, -0.25) is 4.79 Å². The van der Waals surface area contributed by atoms with E-state index in [0.29, 0.717) is 23.5 Å². The van der Waals surface area contributed by atoms with Gasteiger partial charge < -0.3 is 10.6 Å². The third-order valence-corrected chi connectivity index (χ3v) is 3.84. The summed E-state index contributed by atoms with van der Waals surface area (Å²) in [5, 5.41) is 0. The van der Waals surface area contributed by atoms with Gasteiger partial charge in [0.05, 0.1) is 4.99 Å². The van der Waals surface area contributed by atoms with Gasteiger partial charge in [0.2, 0.25) is 0 Å². The predicted molar refractivity (Wildman–Crippen MR) is 98.7 cm³/mol. The Hall–Kier alpha value is -1.47. The Bertz CT molecular complexity index is 646. The lowest BCUT2D eigenvalue weighted by Gasteiger charge is -2.23. The molecule has 0 spiro atoms. The first kappa shape index (κ1) is 15.9. The van der Waals surface area contributed by atoms with E-state index in [0.717, 1.165) is 9.26 Å². The van der Waals surface area contributed by atoms with Crippen LogP contribution in [0.1, 0.15) is 16.8 Å². The quantitative estimate of drug-likeness (QED) is 0.605. The van der Waals surface area contributed by atoms with Crippen molar-refractivity contribution in [3.8, 4) is 0 Å². The highest BCUT2D eigenvalue weighted by Gasteiger charge is 2.17. The molecular weight excluding hydrogens is 395 g/mol. The second-order valence-corrected chi connectivity index (χ2v) is 6.29. The first-order valence-electron chi connectivity index (χ1n) is 6.48. The number of nitrogens with two attached hydrogens (primary N) is 1. The molecule has 0 bridgehead atoms. The minimum atomic E-state index is -0.0454. The third kappa shape index (κ3) is 4.50. The molecule has 0 radical (unpaired) electrons. The van der Waals surface area contributed by atoms with Crippen LogP contribution in [0.4, 0.5) is 5.69 Å². The Balaban J connectivity index is 2.30. The number of hydrogen-bond donors (Lipinski definition) is 1. The number of amides is 1. The molecule has 0 aromatic heterocycles. The van der Waals surface area contributed by atoms with Crippen molar-refractivity contribution in [3.05, 3.63) is 63.7 Å². The van der Waals surface area contributed by atoms with Crippen molar-refractivity contribution in [2.75, 3.05) is 11.4 Å². The zero-order chi connectivity index (χ0) is 15.2. The number of carbonyl (C=O) groups excluding carboxylic acids is 1. The SMILES string of the molecule is NC(=S)CCN(C(=O)c1cccc(I)c1)c1ccccc1. The maximum absolute atomic E-state index is 12.7. The first-order chi connectivity index (χ1) is 10.1. The summed E-state index contributed by atoms with van der Waals surface area (Å²) in [6.45, 7) is 0.476. The summed E-state index contributed by atoms with van der Waals surface area (Å²) in [5.41, 5.74) is 7.08. The van der Waals surface area contributed by atoms with Crippen LogP contribution in [0, 0.1) is 3.57 Å². The van der Waals surface area contributed by atoms with Crippen LogP contribution in [0.25, 0.3) is 0 Å². The third-order valence-electron chi connectivity index (χ3n) is 2.97. The molecule has 2 rings (SSSR count). The number of rotatable bonds is 5. The Morgan fingerprint density at radius 2 is 1.86 bits per heavy atom. The van der Waals surface area contributed by atoms with E-state index in [1.807, 2.05) is 54.6 Å². The molecule has 0 aliphatic rings. The van der Waals surface area contributed by atoms with Crippen LogP contribution >= 0.6 is 34.8 Å². The summed E-state index contributed by atoms with van der Waals surface area (Å²) in [6, 6.07) is 17.1. The summed E-state index contributed by atoms with van der Waals surface area (Å²) in [5.74, 6) is -0.0454. The molecule has 21 heavy (non-hydrogen) atoms. The van der Waals surface area contributed by atoms with Crippen LogP contribution in [0.15, 0.2) is 54.6 Å². The highest BCUT2D eigenvalue weighted by molar-refractivity contribution is 14.1. The molecule has 1 amide bonds. The molecule has 108 valence electrons. The van der Waals surface area contributed by atoms with Gasteiger partial charge in [-0.1, -0.05) is 36.5 Å². The summed E-state index contributed by atoms with van der Waals surface area (Å²) >= 11 is 7.12. The van der Waals surface area contributed by atoms with Crippen LogP contribution in [0.5, 0.6) is 0 Å². The molecule has 2 N–H and O–H groups in total. The monoisotopic (exact) mass is 410 g/mol. The Labute approximate surface area is 143 Å². The van der Waals surface area contributed by atoms with E-state index < -0.39 is 0 Å². The molecule has 3 nitrogen and oxygen atoms in total. The molecule has 0 fully saturated rings. The van der Waals surface area contributed by atoms with Crippen LogP contribution in [-0.4, -0.2) is 17.4 Å². The summed E-state index contributed by atoms with van der Waals surface area (Å²) in [7, 11) is 0. The van der Waals surface area contributed by atoms with Gasteiger partial charge in [-0.05, 0) is 52.9 Å². The number of nitrogens with zero attached hydrogens (tertiary/aromatic N) is 1. The summed E-state index contributed by atoms with van der Waals surface area (Å²) < 4.78 is 1.03. The molecule has 5 heteroatoms. The van der Waals surface area contributed by atoms with E-state index in [-0.39, 0.29) is 5.91 Å². The second-order valence-electron chi connectivity index (χ2n) is 4.52. The van der Waals surface area contributed by atoms with Gasteiger partial charge in [-0.15, -0.1) is 0 Å². The minimum absolute atomic E-state index is 0.0454. The molecule has 0 aliphatic heterocycles. The van der Waals surface area contributed by atoms with Gasteiger partial charge in [0.25, 0.3) is 5.91 Å². The normalized spacial score (nSPS) is 10.1. The largest absolute Gasteiger partial charge is 0.393 e. The van der Waals surface area contributed by atoms with Crippen molar-refractivity contribution in [2.24, 2.45) is 5.73 Å². The molecule has 0 atom stereocenters. The lowest BCUT2D eigenvalue weighted by atomic mass is 10.1. The fraction of sp³-hybridized carbons (Fsp3) is 0.125. The lowest BCUT2D eigenvalue weighted by molar-refractivity contribution is 0.0987. The van der Waals surface area contributed by atoms with Crippen LogP contribution < -0.4 is 10.6 Å².